The lowest BCUT2D eigenvalue weighted by atomic mass is 10.1. The van der Waals surface area contributed by atoms with Crippen LogP contribution in [0.4, 0.5) is 15.3 Å². The summed E-state index contributed by atoms with van der Waals surface area (Å²) >= 11 is 0. The molecule has 2 aromatic rings. The zero-order chi connectivity index (χ0) is 21.2. The topological polar surface area (TPSA) is 105 Å². The normalized spacial score (nSPS) is 14.3. The average Bonchev–Trinajstić information content (AvgIpc) is 2.88. The van der Waals surface area contributed by atoms with E-state index in [4.69, 9.17) is 4.74 Å². The van der Waals surface area contributed by atoms with Crippen LogP contribution in [0.1, 0.15) is 26.6 Å². The predicted molar refractivity (Wildman–Crippen MR) is 106 cm³/mol. The van der Waals surface area contributed by atoms with E-state index in [9.17, 15) is 14.4 Å². The van der Waals surface area contributed by atoms with Crippen molar-refractivity contribution in [1.82, 2.24) is 19.8 Å². The van der Waals surface area contributed by atoms with Crippen LogP contribution in [0.3, 0.4) is 0 Å². The molecule has 2 heterocycles. The molecule has 1 aliphatic heterocycles. The third-order valence-corrected chi connectivity index (χ3v) is 4.05. The molecule has 1 fully saturated rings. The molecule has 0 radical (unpaired) electrons. The summed E-state index contributed by atoms with van der Waals surface area (Å²) in [6.07, 6.45) is 0.820. The van der Waals surface area contributed by atoms with E-state index in [1.165, 1.54) is 11.1 Å². The summed E-state index contributed by atoms with van der Waals surface area (Å²) in [5, 5.41) is 2.67. The van der Waals surface area contributed by atoms with Crippen molar-refractivity contribution in [2.45, 2.75) is 32.9 Å². The molecule has 1 aliphatic rings. The molecule has 0 saturated carbocycles. The molecule has 1 aromatic heterocycles. The van der Waals surface area contributed by atoms with Crippen LogP contribution in [0.25, 0.3) is 11.3 Å². The van der Waals surface area contributed by atoms with Gasteiger partial charge >= 0.3 is 12.1 Å². The number of hydrogen-bond acceptors (Lipinski definition) is 6. The van der Waals surface area contributed by atoms with Crippen molar-refractivity contribution >= 4 is 23.7 Å². The van der Waals surface area contributed by atoms with Gasteiger partial charge in [-0.1, -0.05) is 30.3 Å². The molecule has 9 nitrogen and oxygen atoms in total. The van der Waals surface area contributed by atoms with Crippen LogP contribution in [0.15, 0.2) is 36.5 Å². The maximum Gasteiger partial charge on any atom is 0.412 e. The van der Waals surface area contributed by atoms with Gasteiger partial charge < -0.3 is 9.64 Å². The van der Waals surface area contributed by atoms with Gasteiger partial charge in [0.1, 0.15) is 18.0 Å². The van der Waals surface area contributed by atoms with Gasteiger partial charge in [0.05, 0.1) is 24.1 Å². The van der Waals surface area contributed by atoms with E-state index in [2.05, 4.69) is 15.3 Å². The summed E-state index contributed by atoms with van der Waals surface area (Å²) in [5.41, 5.74) is 0.929. The van der Waals surface area contributed by atoms with Crippen molar-refractivity contribution in [2.75, 3.05) is 18.9 Å². The smallest absolute Gasteiger partial charge is 0.412 e. The summed E-state index contributed by atoms with van der Waals surface area (Å²) in [6.45, 7) is 5.29. The quantitative estimate of drug-likeness (QED) is 0.796. The fraction of sp³-hybridized carbons (Fsp3) is 0.350. The highest BCUT2D eigenvalue weighted by atomic mass is 16.6. The van der Waals surface area contributed by atoms with Gasteiger partial charge in [-0.25, -0.2) is 19.6 Å². The van der Waals surface area contributed by atoms with Crippen LogP contribution in [0.5, 0.6) is 0 Å². The van der Waals surface area contributed by atoms with Crippen molar-refractivity contribution in [1.29, 1.82) is 0 Å². The van der Waals surface area contributed by atoms with E-state index in [0.717, 1.165) is 10.5 Å². The minimum Gasteiger partial charge on any atom is -0.444 e. The van der Waals surface area contributed by atoms with Crippen molar-refractivity contribution < 1.29 is 19.1 Å². The zero-order valence-corrected chi connectivity index (χ0v) is 16.8. The van der Waals surface area contributed by atoms with E-state index in [-0.39, 0.29) is 24.8 Å². The van der Waals surface area contributed by atoms with E-state index < -0.39 is 17.7 Å². The number of benzene rings is 1. The van der Waals surface area contributed by atoms with Crippen LogP contribution in [0.2, 0.25) is 0 Å². The zero-order valence-electron chi connectivity index (χ0n) is 16.8. The highest BCUT2D eigenvalue weighted by Crippen LogP contribution is 2.26. The molecule has 1 N–H and O–H groups in total. The van der Waals surface area contributed by atoms with Gasteiger partial charge in [-0.15, -0.1) is 0 Å². The van der Waals surface area contributed by atoms with E-state index in [1.54, 1.807) is 27.8 Å². The molecule has 0 atom stereocenters. The highest BCUT2D eigenvalue weighted by Gasteiger charge is 2.34. The number of nitrogens with one attached hydrogen (secondary N) is 1. The van der Waals surface area contributed by atoms with Crippen LogP contribution in [-0.2, 0) is 16.1 Å². The maximum atomic E-state index is 12.2. The number of likely N-dealkylation sites (N-methyl/N-ethyl adjacent to an activating group) is 1. The monoisotopic (exact) mass is 397 g/mol. The van der Waals surface area contributed by atoms with Gasteiger partial charge in [-0.05, 0) is 20.8 Å². The van der Waals surface area contributed by atoms with E-state index in [0.29, 0.717) is 11.4 Å². The average molecular weight is 397 g/mol. The second kappa shape index (κ2) is 7.86. The fourth-order valence-electron chi connectivity index (χ4n) is 2.78. The first-order chi connectivity index (χ1) is 13.6. The van der Waals surface area contributed by atoms with Crippen LogP contribution in [0, 0.1) is 0 Å². The largest absolute Gasteiger partial charge is 0.444 e. The molecule has 0 spiro atoms. The summed E-state index contributed by atoms with van der Waals surface area (Å²) in [5.74, 6) is -0.0195. The Morgan fingerprint density at radius 1 is 1.21 bits per heavy atom. The van der Waals surface area contributed by atoms with Crippen molar-refractivity contribution in [3.8, 4) is 11.3 Å². The first-order valence-corrected chi connectivity index (χ1v) is 9.11. The first-order valence-electron chi connectivity index (χ1n) is 9.11. The number of amides is 4. The van der Waals surface area contributed by atoms with Crippen molar-refractivity contribution in [3.05, 3.63) is 42.4 Å². The first kappa shape index (κ1) is 20.2. The summed E-state index contributed by atoms with van der Waals surface area (Å²) < 4.78 is 5.30. The molecule has 1 aromatic carbocycles. The standard InChI is InChI=1S/C20H23N5O4/c1-20(2,3)29-18(27)22-14-10-21-15(11-25-16(26)12-24(4)19(25)28)23-17(14)13-8-6-5-7-9-13/h5-10H,11-12H2,1-4H3,(H,22,27). The lowest BCUT2D eigenvalue weighted by Crippen LogP contribution is -2.32. The van der Waals surface area contributed by atoms with Crippen LogP contribution >= 0.6 is 0 Å². The second-order valence-corrected chi connectivity index (χ2v) is 7.66. The minimum absolute atomic E-state index is 0.0304. The Labute approximate surface area is 168 Å². The van der Waals surface area contributed by atoms with Gasteiger partial charge in [0, 0.05) is 12.6 Å². The maximum absolute atomic E-state index is 12.2. The van der Waals surface area contributed by atoms with Gasteiger partial charge in [0.25, 0.3) is 5.91 Å². The molecule has 3 rings (SSSR count). The Balaban J connectivity index is 1.91. The van der Waals surface area contributed by atoms with Gasteiger partial charge in [-0.3, -0.25) is 15.0 Å². The molecular weight excluding hydrogens is 374 g/mol. The molecule has 152 valence electrons. The number of ether oxygens (including phenoxy) is 1. The molecule has 4 amide bonds. The SMILES string of the molecule is CN1CC(=O)N(Cc2ncc(NC(=O)OC(C)(C)C)c(-c3ccccc3)n2)C1=O. The number of hydrogen-bond donors (Lipinski definition) is 1. The van der Waals surface area contributed by atoms with E-state index in [1.807, 2.05) is 30.3 Å². The Kier molecular flexibility index (Phi) is 5.49. The number of rotatable bonds is 4. The van der Waals surface area contributed by atoms with Crippen molar-refractivity contribution in [2.24, 2.45) is 0 Å². The van der Waals surface area contributed by atoms with Crippen LogP contribution in [-0.4, -0.2) is 57.0 Å². The van der Waals surface area contributed by atoms with Gasteiger partial charge in [0.2, 0.25) is 0 Å². The second-order valence-electron chi connectivity index (χ2n) is 7.66. The molecule has 29 heavy (non-hydrogen) atoms. The molecule has 9 heteroatoms. The van der Waals surface area contributed by atoms with Crippen molar-refractivity contribution in [3.63, 3.8) is 0 Å². The summed E-state index contributed by atoms with van der Waals surface area (Å²) in [6, 6.07) is 8.84. The number of aromatic nitrogens is 2. The lowest BCUT2D eigenvalue weighted by Gasteiger charge is -2.20. The number of urea groups is 1. The molecule has 0 aliphatic carbocycles. The molecule has 0 unspecified atom stereocenters. The number of carbonyl (C=O) groups excluding carboxylic acids is 3. The number of imide groups is 1. The third-order valence-electron chi connectivity index (χ3n) is 4.05. The lowest BCUT2D eigenvalue weighted by molar-refractivity contribution is -0.125. The van der Waals surface area contributed by atoms with Gasteiger partial charge in [0.15, 0.2) is 0 Å². The summed E-state index contributed by atoms with van der Waals surface area (Å²) in [7, 11) is 1.56. The number of nitrogens with zero attached hydrogens (tertiary/aromatic N) is 4. The Morgan fingerprint density at radius 3 is 2.48 bits per heavy atom. The number of anilines is 1. The summed E-state index contributed by atoms with van der Waals surface area (Å²) in [4.78, 5) is 47.5. The Morgan fingerprint density at radius 2 is 1.90 bits per heavy atom. The Hall–Kier alpha value is -3.49. The van der Waals surface area contributed by atoms with Gasteiger partial charge in [-0.2, -0.15) is 0 Å². The van der Waals surface area contributed by atoms with E-state index >= 15 is 0 Å². The number of carbonyl (C=O) groups is 3. The Bertz CT molecular complexity index is 940. The van der Waals surface area contributed by atoms with Crippen LogP contribution < -0.4 is 5.32 Å². The third kappa shape index (κ3) is 4.87. The minimum atomic E-state index is -0.652. The molecular formula is C20H23N5O4. The fourth-order valence-corrected chi connectivity index (χ4v) is 2.78. The molecule has 1 saturated heterocycles. The predicted octanol–water partition coefficient (Wildman–Crippen LogP) is 2.88. The highest BCUT2D eigenvalue weighted by molar-refractivity contribution is 6.01. The molecule has 0 bridgehead atoms.